The normalized spacial score (nSPS) is 18.7. The highest BCUT2D eigenvalue weighted by molar-refractivity contribution is 5.79. The van der Waals surface area contributed by atoms with Crippen LogP contribution in [0.3, 0.4) is 0 Å². The number of nitrogens with one attached hydrogen (secondary N) is 1. The average molecular weight is 599 g/mol. The summed E-state index contributed by atoms with van der Waals surface area (Å²) in [6.07, 6.45) is 22.6. The molecule has 0 amide bonds. The summed E-state index contributed by atoms with van der Waals surface area (Å²) in [5.74, 6) is 0. The standard InChI is InChI=1S/C30H45N.C10H15N.C2H6/c1-11-14-15-16-24(5)27(22-30(10,12-2)31-13-3)28(29(7,8)9)21-25(6)26-19-17-23(4)18-20-26;1-3-10-7-5-4-6-9(2)11-8-10;1-2/h13,15-21,31H,3,5,11-12,14,22H2,1-2,4,6-10H3;6-8H,3-5H2,1-2H3;1-2H3/b16-15+,25-21+,28-27+;9-6-,10-7-,11-8+;. The minimum Gasteiger partial charge on any atom is -0.386 e. The lowest BCUT2D eigenvalue weighted by molar-refractivity contribution is 0.381. The van der Waals surface area contributed by atoms with Crippen LogP contribution < -0.4 is 5.32 Å². The maximum Gasteiger partial charge on any atom is 0.0377 e. The summed E-state index contributed by atoms with van der Waals surface area (Å²) < 4.78 is 0. The number of nitrogens with zero attached hydrogens (tertiary/aromatic N) is 1. The topological polar surface area (TPSA) is 24.4 Å². The van der Waals surface area contributed by atoms with E-state index in [1.165, 1.54) is 33.4 Å². The molecule has 1 unspecified atom stereocenters. The van der Waals surface area contributed by atoms with Crippen LogP contribution in [0.1, 0.15) is 132 Å². The molecule has 0 aromatic heterocycles. The van der Waals surface area contributed by atoms with Crippen molar-refractivity contribution in [1.29, 1.82) is 0 Å². The van der Waals surface area contributed by atoms with Gasteiger partial charge in [-0.3, -0.25) is 4.99 Å². The summed E-state index contributed by atoms with van der Waals surface area (Å²) in [6, 6.07) is 8.80. The number of hydrogen-bond donors (Lipinski definition) is 1. The monoisotopic (exact) mass is 599 g/mol. The van der Waals surface area contributed by atoms with Crippen LogP contribution in [0.25, 0.3) is 5.57 Å². The van der Waals surface area contributed by atoms with Gasteiger partial charge in [0.25, 0.3) is 0 Å². The van der Waals surface area contributed by atoms with Crippen LogP contribution in [-0.4, -0.2) is 11.8 Å². The van der Waals surface area contributed by atoms with E-state index >= 15 is 0 Å². The molecular formula is C42H66N2. The van der Waals surface area contributed by atoms with E-state index in [0.29, 0.717) is 0 Å². The van der Waals surface area contributed by atoms with Crippen LogP contribution in [0, 0.1) is 12.3 Å². The van der Waals surface area contributed by atoms with Crippen molar-refractivity contribution in [2.24, 2.45) is 10.4 Å². The third kappa shape index (κ3) is 15.6. The van der Waals surface area contributed by atoms with Gasteiger partial charge in [-0.2, -0.15) is 0 Å². The van der Waals surface area contributed by atoms with E-state index in [2.05, 4.69) is 147 Å². The molecule has 2 rings (SSSR count). The fraction of sp³-hybridized carbons (Fsp3) is 0.500. The number of hydrogen-bond acceptors (Lipinski definition) is 2. The van der Waals surface area contributed by atoms with E-state index in [4.69, 9.17) is 0 Å². The minimum atomic E-state index is -0.0687. The van der Waals surface area contributed by atoms with Gasteiger partial charge in [-0.15, -0.1) is 0 Å². The number of aryl methyl sites for hydroxylation is 1. The lowest BCUT2D eigenvalue weighted by Gasteiger charge is -2.34. The Morgan fingerprint density at radius 2 is 1.59 bits per heavy atom. The van der Waals surface area contributed by atoms with Crippen molar-refractivity contribution >= 4 is 11.8 Å². The maximum atomic E-state index is 4.50. The first-order chi connectivity index (χ1) is 20.8. The number of allylic oxidation sites excluding steroid dienone is 10. The third-order valence-electron chi connectivity index (χ3n) is 7.82. The molecule has 2 nitrogen and oxygen atoms in total. The first-order valence-electron chi connectivity index (χ1n) is 16.9. The Hall–Kier alpha value is -3.13. The molecule has 0 radical (unpaired) electrons. The highest BCUT2D eigenvalue weighted by Crippen LogP contribution is 2.38. The molecule has 1 N–H and O–H groups in total. The van der Waals surface area contributed by atoms with Gasteiger partial charge in [0, 0.05) is 17.5 Å². The number of rotatable bonds is 12. The minimum absolute atomic E-state index is 0.00828. The van der Waals surface area contributed by atoms with Crippen LogP contribution in [0.5, 0.6) is 0 Å². The van der Waals surface area contributed by atoms with Crippen molar-refractivity contribution in [3.05, 3.63) is 113 Å². The first kappa shape index (κ1) is 40.9. The van der Waals surface area contributed by atoms with Crippen molar-refractivity contribution in [3.8, 4) is 0 Å². The molecule has 1 heterocycles. The van der Waals surface area contributed by atoms with E-state index in [1.807, 2.05) is 26.3 Å². The maximum absolute atomic E-state index is 4.50. The summed E-state index contributed by atoms with van der Waals surface area (Å²) in [6.45, 7) is 34.6. The van der Waals surface area contributed by atoms with Gasteiger partial charge in [-0.05, 0) is 111 Å². The van der Waals surface area contributed by atoms with E-state index in [-0.39, 0.29) is 11.0 Å². The fourth-order valence-electron chi connectivity index (χ4n) is 4.75. The lowest BCUT2D eigenvalue weighted by Crippen LogP contribution is -2.39. The summed E-state index contributed by atoms with van der Waals surface area (Å²) >= 11 is 0. The first-order valence-corrected chi connectivity index (χ1v) is 16.9. The summed E-state index contributed by atoms with van der Waals surface area (Å²) in [4.78, 5) is 4.30. The number of benzene rings is 1. The molecule has 0 saturated carbocycles. The number of unbranched alkanes of at least 4 members (excludes halogenated alkanes) is 1. The van der Waals surface area contributed by atoms with Gasteiger partial charge in [0.2, 0.25) is 0 Å². The van der Waals surface area contributed by atoms with E-state index in [9.17, 15) is 0 Å². The molecule has 44 heavy (non-hydrogen) atoms. The average Bonchev–Trinajstić information content (AvgIpc) is 2.98. The molecule has 0 spiro atoms. The van der Waals surface area contributed by atoms with Crippen LogP contribution in [0.2, 0.25) is 0 Å². The predicted octanol–water partition coefficient (Wildman–Crippen LogP) is 13.1. The van der Waals surface area contributed by atoms with Gasteiger partial charge >= 0.3 is 0 Å². The second-order valence-corrected chi connectivity index (χ2v) is 12.8. The Morgan fingerprint density at radius 3 is 2.11 bits per heavy atom. The zero-order chi connectivity index (χ0) is 33.8. The largest absolute Gasteiger partial charge is 0.386 e. The molecule has 244 valence electrons. The Bertz CT molecular complexity index is 1190. The molecule has 0 fully saturated rings. The van der Waals surface area contributed by atoms with E-state index in [1.54, 1.807) is 0 Å². The van der Waals surface area contributed by atoms with Crippen LogP contribution >= 0.6 is 0 Å². The van der Waals surface area contributed by atoms with Crippen LogP contribution in [-0.2, 0) is 0 Å². The van der Waals surface area contributed by atoms with E-state index in [0.717, 1.165) is 56.2 Å². The second-order valence-electron chi connectivity index (χ2n) is 12.8. The molecule has 1 aliphatic rings. The third-order valence-corrected chi connectivity index (χ3v) is 7.82. The lowest BCUT2D eigenvalue weighted by atomic mass is 9.76. The molecular weight excluding hydrogens is 532 g/mol. The van der Waals surface area contributed by atoms with Gasteiger partial charge in [0.05, 0.1) is 0 Å². The Labute approximate surface area is 273 Å². The Kier molecular flexibility index (Phi) is 20.0. The highest BCUT2D eigenvalue weighted by atomic mass is 14.9. The molecule has 2 heteroatoms. The Morgan fingerprint density at radius 1 is 0.977 bits per heavy atom. The molecule has 1 atom stereocenters. The summed E-state index contributed by atoms with van der Waals surface area (Å²) in [5.41, 5.74) is 10.0. The molecule has 0 bridgehead atoms. The van der Waals surface area contributed by atoms with Crippen LogP contribution in [0.4, 0.5) is 0 Å². The highest BCUT2D eigenvalue weighted by Gasteiger charge is 2.27. The summed E-state index contributed by atoms with van der Waals surface area (Å²) in [5, 5.41) is 3.50. The molecule has 1 aromatic carbocycles. The van der Waals surface area contributed by atoms with Gasteiger partial charge in [-0.25, -0.2) is 0 Å². The zero-order valence-electron chi connectivity index (χ0n) is 30.7. The molecule has 1 aliphatic heterocycles. The van der Waals surface area contributed by atoms with Crippen molar-refractivity contribution < 1.29 is 0 Å². The summed E-state index contributed by atoms with van der Waals surface area (Å²) in [7, 11) is 0. The van der Waals surface area contributed by atoms with Crippen LogP contribution in [0.15, 0.2) is 107 Å². The van der Waals surface area contributed by atoms with Crippen molar-refractivity contribution in [1.82, 2.24) is 5.32 Å². The van der Waals surface area contributed by atoms with Crippen molar-refractivity contribution in [3.63, 3.8) is 0 Å². The van der Waals surface area contributed by atoms with Crippen molar-refractivity contribution in [2.45, 2.75) is 134 Å². The van der Waals surface area contributed by atoms with Gasteiger partial charge < -0.3 is 5.32 Å². The second kappa shape index (κ2) is 21.6. The smallest absolute Gasteiger partial charge is 0.0377 e. The Balaban J connectivity index is 0.00000118. The molecule has 1 aromatic rings. The number of aliphatic imine (C=N–C) groups is 1. The fourth-order valence-corrected chi connectivity index (χ4v) is 4.75. The molecule has 0 aliphatic carbocycles. The van der Waals surface area contributed by atoms with Gasteiger partial charge in [0.15, 0.2) is 0 Å². The molecule has 0 saturated heterocycles. The van der Waals surface area contributed by atoms with Gasteiger partial charge in [0.1, 0.15) is 0 Å². The zero-order valence-corrected chi connectivity index (χ0v) is 30.7. The quantitative estimate of drug-likeness (QED) is 0.238. The SMILES string of the molecule is C=CNC(C)(CC)C/C(C(=C)/C=C/CCC)=C(/C=C(\C)c1ccc(C)cc1)C(C)(C)C.CC.CCC1=C\CC\C=C(C)/N=C/1. The van der Waals surface area contributed by atoms with Crippen molar-refractivity contribution in [2.75, 3.05) is 0 Å². The van der Waals surface area contributed by atoms with E-state index < -0.39 is 0 Å². The van der Waals surface area contributed by atoms with Gasteiger partial charge in [-0.1, -0.05) is 135 Å². The predicted molar refractivity (Wildman–Crippen MR) is 202 cm³/mol.